The van der Waals surface area contributed by atoms with Crippen LogP contribution in [-0.2, 0) is 6.54 Å². The van der Waals surface area contributed by atoms with Crippen LogP contribution in [-0.4, -0.2) is 31.6 Å². The Bertz CT molecular complexity index is 384. The molecule has 1 heterocycles. The molecular formula is C15H23BrN2. The van der Waals surface area contributed by atoms with Crippen molar-refractivity contribution in [2.75, 3.05) is 26.7 Å². The zero-order valence-electron chi connectivity index (χ0n) is 11.4. The van der Waals surface area contributed by atoms with Gasteiger partial charge in [-0.05, 0) is 69.6 Å². The van der Waals surface area contributed by atoms with E-state index in [1.807, 2.05) is 0 Å². The van der Waals surface area contributed by atoms with E-state index in [-0.39, 0.29) is 0 Å². The summed E-state index contributed by atoms with van der Waals surface area (Å²) in [4.78, 5) is 2.42. The van der Waals surface area contributed by atoms with Crippen molar-refractivity contribution < 1.29 is 0 Å². The molecule has 0 bridgehead atoms. The van der Waals surface area contributed by atoms with Gasteiger partial charge in [0.05, 0.1) is 0 Å². The topological polar surface area (TPSA) is 15.3 Å². The number of nitrogens with zero attached hydrogens (tertiary/aromatic N) is 1. The minimum atomic E-state index is 0.857. The predicted molar refractivity (Wildman–Crippen MR) is 80.8 cm³/mol. The van der Waals surface area contributed by atoms with Crippen molar-refractivity contribution in [3.8, 4) is 0 Å². The summed E-state index contributed by atoms with van der Waals surface area (Å²) in [6.07, 6.45) is 2.67. The first kappa shape index (κ1) is 14.0. The highest BCUT2D eigenvalue weighted by atomic mass is 79.9. The molecule has 0 amide bonds. The largest absolute Gasteiger partial charge is 0.312 e. The number of hydrogen-bond acceptors (Lipinski definition) is 2. The van der Waals surface area contributed by atoms with Gasteiger partial charge in [-0.15, -0.1) is 0 Å². The fraction of sp³-hybridized carbons (Fsp3) is 0.600. The van der Waals surface area contributed by atoms with Gasteiger partial charge in [0.15, 0.2) is 0 Å². The number of halogens is 1. The van der Waals surface area contributed by atoms with Crippen LogP contribution in [0.1, 0.15) is 24.0 Å². The van der Waals surface area contributed by atoms with Crippen LogP contribution in [0.5, 0.6) is 0 Å². The van der Waals surface area contributed by atoms with Crippen molar-refractivity contribution in [2.24, 2.45) is 5.92 Å². The number of rotatable bonds is 4. The molecular weight excluding hydrogens is 288 g/mol. The molecule has 1 fully saturated rings. The van der Waals surface area contributed by atoms with Gasteiger partial charge in [0.2, 0.25) is 0 Å². The maximum Gasteiger partial charge on any atom is 0.0207 e. The smallest absolute Gasteiger partial charge is 0.0207 e. The van der Waals surface area contributed by atoms with Crippen molar-refractivity contribution in [2.45, 2.75) is 26.3 Å². The molecule has 2 rings (SSSR count). The third-order valence-electron chi connectivity index (χ3n) is 3.84. The normalized spacial score (nSPS) is 18.2. The van der Waals surface area contributed by atoms with Crippen molar-refractivity contribution in [1.82, 2.24) is 10.2 Å². The fourth-order valence-electron chi connectivity index (χ4n) is 2.43. The molecule has 0 aromatic heterocycles. The minimum absolute atomic E-state index is 0.857. The van der Waals surface area contributed by atoms with E-state index in [0.29, 0.717) is 0 Å². The van der Waals surface area contributed by atoms with Gasteiger partial charge in [0.25, 0.3) is 0 Å². The number of piperidine rings is 1. The Kier molecular flexibility index (Phi) is 5.22. The second-order valence-corrected chi connectivity index (χ2v) is 6.32. The Balaban J connectivity index is 1.73. The Morgan fingerprint density at radius 1 is 1.33 bits per heavy atom. The van der Waals surface area contributed by atoms with E-state index in [9.17, 15) is 0 Å². The summed E-state index contributed by atoms with van der Waals surface area (Å²) in [7, 11) is 2.22. The lowest BCUT2D eigenvalue weighted by molar-refractivity contribution is 0.216. The van der Waals surface area contributed by atoms with Crippen molar-refractivity contribution in [3.63, 3.8) is 0 Å². The van der Waals surface area contributed by atoms with E-state index >= 15 is 0 Å². The second kappa shape index (κ2) is 6.69. The summed E-state index contributed by atoms with van der Waals surface area (Å²) in [6.45, 7) is 6.76. The highest BCUT2D eigenvalue weighted by Crippen LogP contribution is 2.18. The van der Waals surface area contributed by atoms with Crippen LogP contribution in [0.15, 0.2) is 22.7 Å². The van der Waals surface area contributed by atoms with Gasteiger partial charge in [-0.3, -0.25) is 0 Å². The highest BCUT2D eigenvalue weighted by molar-refractivity contribution is 9.10. The average Bonchev–Trinajstić information content (AvgIpc) is 2.36. The number of hydrogen-bond donors (Lipinski definition) is 1. The van der Waals surface area contributed by atoms with Crippen LogP contribution in [0.3, 0.4) is 0 Å². The molecule has 1 aliphatic rings. The molecule has 18 heavy (non-hydrogen) atoms. The van der Waals surface area contributed by atoms with E-state index in [1.54, 1.807) is 0 Å². The molecule has 3 heteroatoms. The monoisotopic (exact) mass is 310 g/mol. The van der Waals surface area contributed by atoms with E-state index in [0.717, 1.165) is 19.0 Å². The second-order valence-electron chi connectivity index (χ2n) is 5.46. The molecule has 2 nitrogen and oxygen atoms in total. The lowest BCUT2D eigenvalue weighted by Crippen LogP contribution is -2.34. The summed E-state index contributed by atoms with van der Waals surface area (Å²) in [5.74, 6) is 0.857. The van der Waals surface area contributed by atoms with E-state index in [1.165, 1.54) is 41.5 Å². The Hall–Kier alpha value is -0.380. The van der Waals surface area contributed by atoms with Gasteiger partial charge in [-0.1, -0.05) is 28.1 Å². The molecule has 1 aromatic rings. The molecule has 0 radical (unpaired) electrons. The molecule has 0 spiro atoms. The van der Waals surface area contributed by atoms with Gasteiger partial charge >= 0.3 is 0 Å². The van der Waals surface area contributed by atoms with E-state index in [4.69, 9.17) is 0 Å². The molecule has 1 aromatic carbocycles. The molecule has 0 saturated carbocycles. The summed E-state index contributed by atoms with van der Waals surface area (Å²) >= 11 is 3.59. The van der Waals surface area contributed by atoms with Crippen molar-refractivity contribution in [1.29, 1.82) is 0 Å². The van der Waals surface area contributed by atoms with Crippen LogP contribution >= 0.6 is 15.9 Å². The molecule has 100 valence electrons. The average molecular weight is 311 g/mol. The van der Waals surface area contributed by atoms with Crippen LogP contribution in [0, 0.1) is 12.8 Å². The summed E-state index contributed by atoms with van der Waals surface area (Å²) in [6, 6.07) is 6.61. The molecule has 0 atom stereocenters. The van der Waals surface area contributed by atoms with Gasteiger partial charge in [-0.25, -0.2) is 0 Å². The molecule has 1 saturated heterocycles. The SMILES string of the molecule is Cc1ccc(CNCC2CCN(C)CC2)cc1Br. The van der Waals surface area contributed by atoms with Gasteiger partial charge in [0.1, 0.15) is 0 Å². The number of nitrogens with one attached hydrogen (secondary N) is 1. The number of benzene rings is 1. The fourth-order valence-corrected chi connectivity index (χ4v) is 2.86. The molecule has 1 N–H and O–H groups in total. The minimum Gasteiger partial charge on any atom is -0.312 e. The van der Waals surface area contributed by atoms with Crippen LogP contribution in [0.2, 0.25) is 0 Å². The van der Waals surface area contributed by atoms with Crippen LogP contribution < -0.4 is 5.32 Å². The summed E-state index contributed by atoms with van der Waals surface area (Å²) in [5.41, 5.74) is 2.66. The lowest BCUT2D eigenvalue weighted by atomic mass is 9.97. The van der Waals surface area contributed by atoms with Gasteiger partial charge in [-0.2, -0.15) is 0 Å². The number of aryl methyl sites for hydroxylation is 1. The number of likely N-dealkylation sites (tertiary alicyclic amines) is 1. The Morgan fingerprint density at radius 2 is 2.06 bits per heavy atom. The highest BCUT2D eigenvalue weighted by Gasteiger charge is 2.15. The third kappa shape index (κ3) is 4.08. The van der Waals surface area contributed by atoms with Crippen molar-refractivity contribution >= 4 is 15.9 Å². The lowest BCUT2D eigenvalue weighted by Gasteiger charge is -2.29. The first-order valence-electron chi connectivity index (χ1n) is 6.79. The quantitative estimate of drug-likeness (QED) is 0.919. The van der Waals surface area contributed by atoms with Crippen LogP contribution in [0.4, 0.5) is 0 Å². The van der Waals surface area contributed by atoms with E-state index in [2.05, 4.69) is 58.3 Å². The van der Waals surface area contributed by atoms with Crippen molar-refractivity contribution in [3.05, 3.63) is 33.8 Å². The maximum atomic E-state index is 3.59. The summed E-state index contributed by atoms with van der Waals surface area (Å²) in [5, 5.41) is 3.59. The summed E-state index contributed by atoms with van der Waals surface area (Å²) < 4.78 is 1.21. The zero-order chi connectivity index (χ0) is 13.0. The molecule has 0 unspecified atom stereocenters. The first-order valence-corrected chi connectivity index (χ1v) is 7.59. The predicted octanol–water partition coefficient (Wildman–Crippen LogP) is 3.19. The van der Waals surface area contributed by atoms with E-state index < -0.39 is 0 Å². The molecule has 0 aliphatic carbocycles. The maximum absolute atomic E-state index is 3.59. The van der Waals surface area contributed by atoms with Crippen LogP contribution in [0.25, 0.3) is 0 Å². The first-order chi connectivity index (χ1) is 8.65. The molecule has 1 aliphatic heterocycles. The zero-order valence-corrected chi connectivity index (χ0v) is 13.0. The standard InChI is InChI=1S/C15H23BrN2/c1-12-3-4-14(9-15(12)16)11-17-10-13-5-7-18(2)8-6-13/h3-4,9,13,17H,5-8,10-11H2,1-2H3. The Labute approximate surface area is 119 Å². The van der Waals surface area contributed by atoms with Gasteiger partial charge < -0.3 is 10.2 Å². The van der Waals surface area contributed by atoms with Gasteiger partial charge in [0, 0.05) is 11.0 Å². The third-order valence-corrected chi connectivity index (χ3v) is 4.69. The Morgan fingerprint density at radius 3 is 2.72 bits per heavy atom.